The van der Waals surface area contributed by atoms with Crippen LogP contribution in [0.1, 0.15) is 17.6 Å². The molecule has 0 aromatic carbocycles. The summed E-state index contributed by atoms with van der Waals surface area (Å²) in [6.45, 7) is -0.468. The summed E-state index contributed by atoms with van der Waals surface area (Å²) in [6, 6.07) is 0. The number of rotatable bonds is 3. The maximum absolute atomic E-state index is 12.4. The highest BCUT2D eigenvalue weighted by Gasteiger charge is 2.18. The number of aliphatic hydroxyl groups is 1. The summed E-state index contributed by atoms with van der Waals surface area (Å²) in [4.78, 5) is 3.65. The Hall–Kier alpha value is -1.23. The molecule has 0 spiro atoms. The number of alkyl halides is 2. The van der Waals surface area contributed by atoms with Crippen LogP contribution in [0.2, 0.25) is 0 Å². The molecule has 13 heavy (non-hydrogen) atoms. The Labute approximate surface area is 74.0 Å². The number of aliphatic hydroxyl groups excluding tert-OH is 1. The second kappa shape index (κ2) is 4.13. The Morgan fingerprint density at radius 1 is 1.54 bits per heavy atom. The quantitative estimate of drug-likeness (QED) is 0.783. The highest BCUT2D eigenvalue weighted by atomic mass is 19.3. The first kappa shape index (κ1) is 9.85. The van der Waals surface area contributed by atoms with Gasteiger partial charge in [-0.05, 0) is 0 Å². The van der Waals surface area contributed by atoms with Crippen molar-refractivity contribution in [3.8, 4) is 5.75 Å². The molecule has 0 amide bonds. The van der Waals surface area contributed by atoms with Gasteiger partial charge in [-0.3, -0.25) is 4.98 Å². The summed E-state index contributed by atoms with van der Waals surface area (Å²) in [5.41, 5.74) is -0.200. The molecule has 1 aromatic rings. The van der Waals surface area contributed by atoms with Crippen LogP contribution in [-0.2, 0) is 6.61 Å². The minimum Gasteiger partial charge on any atom is -0.495 e. The fourth-order valence-corrected chi connectivity index (χ4v) is 1.03. The minimum atomic E-state index is -2.67. The van der Waals surface area contributed by atoms with E-state index in [2.05, 4.69) is 4.98 Å². The van der Waals surface area contributed by atoms with Crippen molar-refractivity contribution in [2.45, 2.75) is 13.0 Å². The third kappa shape index (κ3) is 1.92. The molecule has 3 nitrogen and oxygen atoms in total. The number of methoxy groups -OCH3 is 1. The molecule has 0 aliphatic carbocycles. The zero-order valence-electron chi connectivity index (χ0n) is 7.00. The van der Waals surface area contributed by atoms with Crippen molar-refractivity contribution in [2.24, 2.45) is 0 Å². The second-order valence-electron chi connectivity index (χ2n) is 2.37. The highest BCUT2D eigenvalue weighted by Crippen LogP contribution is 2.30. The van der Waals surface area contributed by atoms with Crippen LogP contribution in [0.5, 0.6) is 5.75 Å². The molecular weight excluding hydrogens is 180 g/mol. The number of hydrogen-bond acceptors (Lipinski definition) is 3. The van der Waals surface area contributed by atoms with E-state index in [1.54, 1.807) is 0 Å². The van der Waals surface area contributed by atoms with Crippen LogP contribution in [0, 0.1) is 0 Å². The van der Waals surface area contributed by atoms with E-state index >= 15 is 0 Å². The lowest BCUT2D eigenvalue weighted by Gasteiger charge is -2.10. The molecule has 0 fully saturated rings. The number of hydrogen-bond donors (Lipinski definition) is 1. The van der Waals surface area contributed by atoms with E-state index in [1.807, 2.05) is 0 Å². The molecule has 0 unspecified atom stereocenters. The van der Waals surface area contributed by atoms with Gasteiger partial charge in [0.05, 0.1) is 25.5 Å². The molecule has 0 radical (unpaired) electrons. The van der Waals surface area contributed by atoms with Crippen molar-refractivity contribution in [3.05, 3.63) is 23.5 Å². The Morgan fingerprint density at radius 2 is 2.23 bits per heavy atom. The van der Waals surface area contributed by atoms with Crippen molar-refractivity contribution >= 4 is 0 Å². The first-order chi connectivity index (χ1) is 6.20. The molecule has 1 heterocycles. The van der Waals surface area contributed by atoms with Gasteiger partial charge >= 0.3 is 0 Å². The van der Waals surface area contributed by atoms with Gasteiger partial charge in [0.15, 0.2) is 0 Å². The van der Waals surface area contributed by atoms with Crippen LogP contribution in [0.25, 0.3) is 0 Å². The van der Waals surface area contributed by atoms with Crippen LogP contribution >= 0.6 is 0 Å². The van der Waals surface area contributed by atoms with E-state index in [-0.39, 0.29) is 16.9 Å². The van der Waals surface area contributed by atoms with Gasteiger partial charge in [-0.15, -0.1) is 0 Å². The van der Waals surface area contributed by atoms with Crippen molar-refractivity contribution < 1.29 is 18.6 Å². The zero-order valence-corrected chi connectivity index (χ0v) is 7.00. The van der Waals surface area contributed by atoms with Gasteiger partial charge in [0.25, 0.3) is 6.43 Å². The maximum Gasteiger partial charge on any atom is 0.267 e. The summed E-state index contributed by atoms with van der Waals surface area (Å²) in [5, 5.41) is 8.76. The molecule has 1 N–H and O–H groups in total. The fourth-order valence-electron chi connectivity index (χ4n) is 1.03. The third-order valence-electron chi connectivity index (χ3n) is 1.64. The monoisotopic (exact) mass is 189 g/mol. The average molecular weight is 189 g/mol. The number of nitrogens with zero attached hydrogens (tertiary/aromatic N) is 1. The van der Waals surface area contributed by atoms with Gasteiger partial charge in [0.1, 0.15) is 5.75 Å². The normalized spacial score (nSPS) is 10.5. The van der Waals surface area contributed by atoms with E-state index in [0.717, 1.165) is 0 Å². The average Bonchev–Trinajstić information content (AvgIpc) is 2.16. The van der Waals surface area contributed by atoms with Gasteiger partial charge in [-0.2, -0.15) is 0 Å². The smallest absolute Gasteiger partial charge is 0.267 e. The van der Waals surface area contributed by atoms with Gasteiger partial charge in [-0.1, -0.05) is 0 Å². The zero-order chi connectivity index (χ0) is 9.84. The van der Waals surface area contributed by atoms with Gasteiger partial charge in [0, 0.05) is 11.8 Å². The third-order valence-corrected chi connectivity index (χ3v) is 1.64. The number of ether oxygens (including phenoxy) is 1. The molecule has 1 rings (SSSR count). The van der Waals surface area contributed by atoms with Crippen LogP contribution < -0.4 is 4.74 Å². The minimum absolute atomic E-state index is 0.00144. The van der Waals surface area contributed by atoms with Crippen molar-refractivity contribution in [1.29, 1.82) is 0 Å². The predicted molar refractivity (Wildman–Crippen MR) is 41.7 cm³/mol. The fraction of sp³-hybridized carbons (Fsp3) is 0.375. The highest BCUT2D eigenvalue weighted by molar-refractivity contribution is 5.37. The molecule has 0 saturated heterocycles. The van der Waals surface area contributed by atoms with Gasteiger partial charge in [0.2, 0.25) is 0 Å². The lowest BCUT2D eigenvalue weighted by atomic mass is 10.1. The topological polar surface area (TPSA) is 42.4 Å². The summed E-state index contributed by atoms with van der Waals surface area (Å²) in [5.74, 6) is 0.00144. The van der Waals surface area contributed by atoms with Crippen molar-refractivity contribution in [2.75, 3.05) is 7.11 Å². The molecule has 0 saturated carbocycles. The van der Waals surface area contributed by atoms with Crippen LogP contribution in [0.4, 0.5) is 8.78 Å². The first-order valence-corrected chi connectivity index (χ1v) is 3.60. The maximum atomic E-state index is 12.4. The SMILES string of the molecule is COc1cncc(CO)c1C(F)F. The molecule has 1 aromatic heterocycles. The molecule has 0 aliphatic rings. The van der Waals surface area contributed by atoms with E-state index in [4.69, 9.17) is 9.84 Å². The standard InChI is InChI=1S/C8H9F2NO2/c1-13-6-3-11-2-5(4-12)7(6)8(9)10/h2-3,8,12H,4H2,1H3. The van der Waals surface area contributed by atoms with Crippen molar-refractivity contribution in [1.82, 2.24) is 4.98 Å². The van der Waals surface area contributed by atoms with E-state index < -0.39 is 13.0 Å². The summed E-state index contributed by atoms with van der Waals surface area (Å²) >= 11 is 0. The largest absolute Gasteiger partial charge is 0.495 e. The molecular formula is C8H9F2NO2. The molecule has 0 atom stereocenters. The summed E-state index contributed by atoms with van der Waals surface area (Å²) in [7, 11) is 1.28. The van der Waals surface area contributed by atoms with E-state index in [0.29, 0.717) is 0 Å². The number of halogens is 2. The first-order valence-electron chi connectivity index (χ1n) is 3.60. The van der Waals surface area contributed by atoms with Gasteiger partial charge in [-0.25, -0.2) is 8.78 Å². The predicted octanol–water partition coefficient (Wildman–Crippen LogP) is 1.52. The second-order valence-corrected chi connectivity index (χ2v) is 2.37. The Morgan fingerprint density at radius 3 is 2.69 bits per heavy atom. The Balaban J connectivity index is 3.21. The molecule has 0 bridgehead atoms. The molecule has 72 valence electrons. The lowest BCUT2D eigenvalue weighted by molar-refractivity contribution is 0.142. The van der Waals surface area contributed by atoms with E-state index in [9.17, 15) is 8.78 Å². The van der Waals surface area contributed by atoms with Gasteiger partial charge < -0.3 is 9.84 Å². The van der Waals surface area contributed by atoms with Crippen LogP contribution in [-0.4, -0.2) is 17.2 Å². The number of pyridine rings is 1. The Bertz CT molecular complexity index is 269. The summed E-state index contributed by atoms with van der Waals surface area (Å²) in [6.07, 6.45) is -0.273. The van der Waals surface area contributed by atoms with Crippen molar-refractivity contribution in [3.63, 3.8) is 0 Å². The molecule has 0 aliphatic heterocycles. The molecule has 5 heteroatoms. The lowest BCUT2D eigenvalue weighted by Crippen LogP contribution is -2.00. The Kier molecular flexibility index (Phi) is 3.13. The van der Waals surface area contributed by atoms with Crippen LogP contribution in [0.15, 0.2) is 12.4 Å². The van der Waals surface area contributed by atoms with E-state index in [1.165, 1.54) is 19.5 Å². The summed E-state index contributed by atoms with van der Waals surface area (Å²) < 4.78 is 29.6. The number of aromatic nitrogens is 1. The van der Waals surface area contributed by atoms with Crippen LogP contribution in [0.3, 0.4) is 0 Å².